The number of carbonyl (C=O) groups excluding carboxylic acids is 2. The van der Waals surface area contributed by atoms with Crippen molar-refractivity contribution in [3.05, 3.63) is 65.5 Å². The van der Waals surface area contributed by atoms with Gasteiger partial charge in [0.25, 0.3) is 11.7 Å². The maximum absolute atomic E-state index is 12.8. The number of ether oxygens (including phenoxy) is 2. The monoisotopic (exact) mass is 410 g/mol. The summed E-state index contributed by atoms with van der Waals surface area (Å²) in [4.78, 5) is 31.0. The first kappa shape index (κ1) is 21.5. The van der Waals surface area contributed by atoms with Crippen LogP contribution in [0.4, 0.5) is 0 Å². The molecule has 1 aromatic carbocycles. The van der Waals surface area contributed by atoms with Crippen molar-refractivity contribution in [3.8, 4) is 5.75 Å². The fourth-order valence-electron chi connectivity index (χ4n) is 3.31. The van der Waals surface area contributed by atoms with Gasteiger partial charge >= 0.3 is 0 Å². The van der Waals surface area contributed by atoms with Crippen molar-refractivity contribution in [2.24, 2.45) is 5.92 Å². The molecule has 0 saturated carbocycles. The van der Waals surface area contributed by atoms with E-state index in [0.29, 0.717) is 29.4 Å². The van der Waals surface area contributed by atoms with E-state index in [-0.39, 0.29) is 24.5 Å². The average molecular weight is 410 g/mol. The Kier molecular flexibility index (Phi) is 6.84. The Morgan fingerprint density at radius 1 is 1.20 bits per heavy atom. The minimum Gasteiger partial charge on any atom is -0.507 e. The molecule has 0 unspecified atom stereocenters. The van der Waals surface area contributed by atoms with Gasteiger partial charge in [-0.25, -0.2) is 0 Å². The number of Topliss-reactive ketones (excluding diaryl/α,β-unsaturated/α-hetero) is 1. The van der Waals surface area contributed by atoms with E-state index in [9.17, 15) is 14.7 Å². The SMILES string of the molecule is COCCN1C(=O)C(=O)C(=C(O)c2ccc(OCC(C)C)cc2)[C@H]1c1cccnc1. The van der Waals surface area contributed by atoms with Crippen LogP contribution in [0.3, 0.4) is 0 Å². The van der Waals surface area contributed by atoms with Crippen molar-refractivity contribution in [1.82, 2.24) is 9.88 Å². The molecule has 1 aliphatic heterocycles. The van der Waals surface area contributed by atoms with Gasteiger partial charge in [0, 0.05) is 31.6 Å². The Morgan fingerprint density at radius 2 is 1.93 bits per heavy atom. The number of hydrogen-bond donors (Lipinski definition) is 1. The summed E-state index contributed by atoms with van der Waals surface area (Å²) in [5.41, 5.74) is 1.12. The number of pyridine rings is 1. The lowest BCUT2D eigenvalue weighted by molar-refractivity contribution is -0.140. The smallest absolute Gasteiger partial charge is 0.295 e. The van der Waals surface area contributed by atoms with Gasteiger partial charge in [0.05, 0.1) is 24.8 Å². The number of benzene rings is 1. The molecule has 1 saturated heterocycles. The lowest BCUT2D eigenvalue weighted by Gasteiger charge is -2.24. The molecule has 1 aliphatic rings. The van der Waals surface area contributed by atoms with Crippen molar-refractivity contribution < 1.29 is 24.2 Å². The summed E-state index contributed by atoms with van der Waals surface area (Å²) in [5, 5.41) is 11.0. The first-order chi connectivity index (χ1) is 14.4. The van der Waals surface area contributed by atoms with Crippen LogP contribution in [0, 0.1) is 5.92 Å². The average Bonchev–Trinajstić information content (AvgIpc) is 3.01. The standard InChI is InChI=1S/C23H26N2O5/c1-15(2)14-30-18-8-6-16(7-9-18)21(26)19-20(17-5-4-10-24-13-17)25(11-12-29-3)23(28)22(19)27/h4-10,13,15,20,26H,11-12,14H2,1-3H3/t20-/m1/s1. The predicted octanol–water partition coefficient (Wildman–Crippen LogP) is 3.18. The van der Waals surface area contributed by atoms with Gasteiger partial charge in [0.2, 0.25) is 0 Å². The zero-order valence-electron chi connectivity index (χ0n) is 17.4. The van der Waals surface area contributed by atoms with Gasteiger partial charge in [-0.15, -0.1) is 0 Å². The Hall–Kier alpha value is -3.19. The molecule has 158 valence electrons. The lowest BCUT2D eigenvalue weighted by atomic mass is 9.96. The summed E-state index contributed by atoms with van der Waals surface area (Å²) >= 11 is 0. The van der Waals surface area contributed by atoms with Gasteiger partial charge in [-0.05, 0) is 41.8 Å². The van der Waals surface area contributed by atoms with Crippen molar-refractivity contribution in [2.75, 3.05) is 26.9 Å². The van der Waals surface area contributed by atoms with E-state index in [2.05, 4.69) is 18.8 Å². The fourth-order valence-corrected chi connectivity index (χ4v) is 3.31. The number of ketones is 1. The van der Waals surface area contributed by atoms with E-state index in [1.165, 1.54) is 12.0 Å². The Balaban J connectivity index is 2.00. The molecule has 0 bridgehead atoms. The van der Waals surface area contributed by atoms with Gasteiger partial charge in [-0.1, -0.05) is 19.9 Å². The number of nitrogens with zero attached hydrogens (tertiary/aromatic N) is 2. The largest absolute Gasteiger partial charge is 0.507 e. The number of likely N-dealkylation sites (tertiary alicyclic amines) is 1. The zero-order chi connectivity index (χ0) is 21.7. The van der Waals surface area contributed by atoms with Crippen LogP contribution < -0.4 is 4.74 Å². The topological polar surface area (TPSA) is 89.0 Å². The molecule has 1 N–H and O–H groups in total. The van der Waals surface area contributed by atoms with Crippen LogP contribution in [0.25, 0.3) is 5.76 Å². The molecule has 2 aromatic rings. The number of methoxy groups -OCH3 is 1. The second-order valence-corrected chi connectivity index (χ2v) is 7.50. The molecular formula is C23H26N2O5. The molecule has 2 heterocycles. The highest BCUT2D eigenvalue weighted by atomic mass is 16.5. The van der Waals surface area contributed by atoms with Crippen LogP contribution in [-0.4, -0.2) is 53.5 Å². The summed E-state index contributed by atoms with van der Waals surface area (Å²) in [6.45, 7) is 5.19. The van der Waals surface area contributed by atoms with Crippen LogP contribution in [0.15, 0.2) is 54.4 Å². The number of hydrogen-bond acceptors (Lipinski definition) is 6. The van der Waals surface area contributed by atoms with Crippen LogP contribution in [0.5, 0.6) is 5.75 Å². The van der Waals surface area contributed by atoms with Crippen LogP contribution in [-0.2, 0) is 14.3 Å². The molecule has 0 radical (unpaired) electrons. The molecule has 1 fully saturated rings. The number of carbonyl (C=O) groups is 2. The zero-order valence-corrected chi connectivity index (χ0v) is 17.4. The highest BCUT2D eigenvalue weighted by Crippen LogP contribution is 2.39. The molecule has 0 aliphatic carbocycles. The van der Waals surface area contributed by atoms with Gasteiger partial charge in [-0.3, -0.25) is 14.6 Å². The lowest BCUT2D eigenvalue weighted by Crippen LogP contribution is -2.32. The number of rotatable bonds is 8. The Morgan fingerprint density at radius 3 is 2.53 bits per heavy atom. The summed E-state index contributed by atoms with van der Waals surface area (Å²) < 4.78 is 10.8. The van der Waals surface area contributed by atoms with Crippen LogP contribution in [0.1, 0.15) is 31.0 Å². The van der Waals surface area contributed by atoms with E-state index in [1.54, 1.807) is 48.8 Å². The first-order valence-corrected chi connectivity index (χ1v) is 9.84. The third kappa shape index (κ3) is 4.52. The van der Waals surface area contributed by atoms with Crippen molar-refractivity contribution in [3.63, 3.8) is 0 Å². The van der Waals surface area contributed by atoms with E-state index in [1.807, 2.05) is 0 Å². The van der Waals surface area contributed by atoms with Gasteiger partial charge < -0.3 is 19.5 Å². The van der Waals surface area contributed by atoms with Crippen molar-refractivity contribution >= 4 is 17.4 Å². The molecule has 7 heteroatoms. The summed E-state index contributed by atoms with van der Waals surface area (Å²) in [5.74, 6) is -0.556. The Labute approximate surface area is 175 Å². The van der Waals surface area contributed by atoms with Crippen molar-refractivity contribution in [2.45, 2.75) is 19.9 Å². The van der Waals surface area contributed by atoms with Gasteiger partial charge in [0.15, 0.2) is 0 Å². The first-order valence-electron chi connectivity index (χ1n) is 9.84. The van der Waals surface area contributed by atoms with Gasteiger partial charge in [0.1, 0.15) is 11.5 Å². The van der Waals surface area contributed by atoms with Gasteiger partial charge in [-0.2, -0.15) is 0 Å². The van der Waals surface area contributed by atoms with E-state index in [4.69, 9.17) is 9.47 Å². The highest BCUT2D eigenvalue weighted by Gasteiger charge is 2.45. The number of aliphatic hydroxyl groups excluding tert-OH is 1. The minimum absolute atomic E-state index is 0.0416. The fraction of sp³-hybridized carbons (Fsp3) is 0.348. The number of aromatic nitrogens is 1. The number of aliphatic hydroxyl groups is 1. The summed E-state index contributed by atoms with van der Waals surface area (Å²) in [7, 11) is 1.53. The van der Waals surface area contributed by atoms with Crippen LogP contribution in [0.2, 0.25) is 0 Å². The Bertz CT molecular complexity index is 922. The third-order valence-electron chi connectivity index (χ3n) is 4.79. The second kappa shape index (κ2) is 9.54. The number of amides is 1. The minimum atomic E-state index is -0.731. The molecule has 0 spiro atoms. The molecule has 30 heavy (non-hydrogen) atoms. The van der Waals surface area contributed by atoms with E-state index in [0.717, 1.165) is 0 Å². The maximum atomic E-state index is 12.8. The van der Waals surface area contributed by atoms with E-state index >= 15 is 0 Å². The predicted molar refractivity (Wildman–Crippen MR) is 112 cm³/mol. The summed E-state index contributed by atoms with van der Waals surface area (Å²) in [6.07, 6.45) is 3.20. The highest BCUT2D eigenvalue weighted by molar-refractivity contribution is 6.46. The normalized spacial score (nSPS) is 18.3. The molecule has 1 atom stereocenters. The molecule has 1 aromatic heterocycles. The third-order valence-corrected chi connectivity index (χ3v) is 4.79. The molecular weight excluding hydrogens is 384 g/mol. The van der Waals surface area contributed by atoms with Crippen LogP contribution >= 0.6 is 0 Å². The quantitative estimate of drug-likeness (QED) is 0.408. The molecule has 3 rings (SSSR count). The van der Waals surface area contributed by atoms with E-state index < -0.39 is 17.7 Å². The molecule has 1 amide bonds. The van der Waals surface area contributed by atoms with Crippen molar-refractivity contribution in [1.29, 1.82) is 0 Å². The maximum Gasteiger partial charge on any atom is 0.295 e. The summed E-state index contributed by atoms with van der Waals surface area (Å²) in [6, 6.07) is 9.59. The second-order valence-electron chi connectivity index (χ2n) is 7.50. The molecule has 7 nitrogen and oxygen atoms in total.